The van der Waals surface area contributed by atoms with Gasteiger partial charge in [0, 0.05) is 0 Å². The van der Waals surface area contributed by atoms with Crippen LogP contribution in [0.1, 0.15) is 18.2 Å². The number of hydrogen-bond donors (Lipinski definition) is 4. The number of ether oxygens (including phenoxy) is 1. The molecule has 0 saturated carbocycles. The van der Waals surface area contributed by atoms with Gasteiger partial charge >= 0.3 is 0 Å². The lowest BCUT2D eigenvalue weighted by Gasteiger charge is -2.16. The average Bonchev–Trinajstić information content (AvgIpc) is 2.29. The third-order valence-electron chi connectivity index (χ3n) is 2.11. The maximum absolute atomic E-state index is 9.73. The standard InChI is InChI=1S/C9H16N4O3/c1-16-9-8(11)12-4-5(13-9)7(15)6(14)2-3-10/h4,6-7,14-15H,2-3,10H2,1H3,(H2,11,12). The third kappa shape index (κ3) is 2.78. The summed E-state index contributed by atoms with van der Waals surface area (Å²) in [6.07, 6.45) is -0.559. The fourth-order valence-electron chi connectivity index (χ4n) is 1.21. The molecule has 6 N–H and O–H groups in total. The number of aliphatic hydroxyl groups excluding tert-OH is 2. The van der Waals surface area contributed by atoms with E-state index in [0.717, 1.165) is 0 Å². The van der Waals surface area contributed by atoms with Crippen LogP contribution in [0.2, 0.25) is 0 Å². The number of nitrogens with zero attached hydrogens (tertiary/aromatic N) is 2. The summed E-state index contributed by atoms with van der Waals surface area (Å²) in [5, 5.41) is 19.3. The summed E-state index contributed by atoms with van der Waals surface area (Å²) in [6.45, 7) is 0.276. The van der Waals surface area contributed by atoms with E-state index in [4.69, 9.17) is 16.2 Å². The number of aliphatic hydroxyl groups is 2. The quantitative estimate of drug-likeness (QED) is 0.499. The number of anilines is 1. The molecule has 90 valence electrons. The van der Waals surface area contributed by atoms with Crippen molar-refractivity contribution in [2.24, 2.45) is 5.73 Å². The minimum Gasteiger partial charge on any atom is -0.478 e. The van der Waals surface area contributed by atoms with Gasteiger partial charge in [-0.15, -0.1) is 0 Å². The lowest BCUT2D eigenvalue weighted by atomic mass is 10.1. The number of methoxy groups -OCH3 is 1. The van der Waals surface area contributed by atoms with Crippen molar-refractivity contribution >= 4 is 5.82 Å². The van der Waals surface area contributed by atoms with Crippen molar-refractivity contribution in [2.45, 2.75) is 18.6 Å². The predicted octanol–water partition coefficient (Wildman–Crippen LogP) is -1.19. The van der Waals surface area contributed by atoms with Gasteiger partial charge in [0.05, 0.1) is 25.1 Å². The fraction of sp³-hybridized carbons (Fsp3) is 0.556. The van der Waals surface area contributed by atoms with Crippen molar-refractivity contribution in [3.8, 4) is 5.88 Å². The van der Waals surface area contributed by atoms with Crippen molar-refractivity contribution in [1.82, 2.24) is 9.97 Å². The summed E-state index contributed by atoms with van der Waals surface area (Å²) in [5.41, 5.74) is 10.9. The Hall–Kier alpha value is -1.44. The van der Waals surface area contributed by atoms with Crippen LogP contribution in [0.15, 0.2) is 6.20 Å². The van der Waals surface area contributed by atoms with Gasteiger partial charge in [0.1, 0.15) is 6.10 Å². The monoisotopic (exact) mass is 228 g/mol. The number of hydrogen-bond acceptors (Lipinski definition) is 7. The summed E-state index contributed by atoms with van der Waals surface area (Å²) in [4.78, 5) is 7.73. The second-order valence-electron chi connectivity index (χ2n) is 3.28. The second-order valence-corrected chi connectivity index (χ2v) is 3.28. The van der Waals surface area contributed by atoms with E-state index in [1.165, 1.54) is 13.3 Å². The molecule has 0 aliphatic carbocycles. The Morgan fingerprint density at radius 3 is 2.75 bits per heavy atom. The van der Waals surface area contributed by atoms with E-state index in [1.54, 1.807) is 0 Å². The molecule has 0 aromatic carbocycles. The molecule has 0 aliphatic rings. The smallest absolute Gasteiger partial charge is 0.257 e. The first kappa shape index (κ1) is 12.6. The number of nitrogen functional groups attached to an aromatic ring is 1. The molecule has 0 fully saturated rings. The summed E-state index contributed by atoms with van der Waals surface area (Å²) >= 11 is 0. The average molecular weight is 228 g/mol. The van der Waals surface area contributed by atoms with E-state index in [1.807, 2.05) is 0 Å². The number of rotatable bonds is 5. The zero-order valence-corrected chi connectivity index (χ0v) is 9.00. The molecule has 0 amide bonds. The molecule has 16 heavy (non-hydrogen) atoms. The zero-order valence-electron chi connectivity index (χ0n) is 9.00. The van der Waals surface area contributed by atoms with Crippen LogP contribution in [0, 0.1) is 0 Å². The van der Waals surface area contributed by atoms with Gasteiger partial charge in [0.2, 0.25) is 0 Å². The zero-order chi connectivity index (χ0) is 12.1. The van der Waals surface area contributed by atoms with E-state index < -0.39 is 12.2 Å². The van der Waals surface area contributed by atoms with Crippen LogP contribution in [0.5, 0.6) is 5.88 Å². The topological polar surface area (TPSA) is 128 Å². The van der Waals surface area contributed by atoms with Crippen LogP contribution in [0.4, 0.5) is 5.82 Å². The normalized spacial score (nSPS) is 14.5. The van der Waals surface area contributed by atoms with Crippen molar-refractivity contribution in [2.75, 3.05) is 19.4 Å². The van der Waals surface area contributed by atoms with E-state index in [2.05, 4.69) is 9.97 Å². The number of nitrogens with two attached hydrogens (primary N) is 2. The lowest BCUT2D eigenvalue weighted by Crippen LogP contribution is -2.23. The molecule has 1 aromatic rings. The predicted molar refractivity (Wildman–Crippen MR) is 57.6 cm³/mol. The molecule has 1 rings (SSSR count). The largest absolute Gasteiger partial charge is 0.478 e. The van der Waals surface area contributed by atoms with Gasteiger partial charge in [0.15, 0.2) is 5.82 Å². The third-order valence-corrected chi connectivity index (χ3v) is 2.11. The summed E-state index contributed by atoms with van der Waals surface area (Å²) in [7, 11) is 1.40. The minimum absolute atomic E-state index is 0.122. The first-order valence-electron chi connectivity index (χ1n) is 4.82. The maximum atomic E-state index is 9.73. The van der Waals surface area contributed by atoms with Gasteiger partial charge in [0.25, 0.3) is 5.88 Å². The van der Waals surface area contributed by atoms with Gasteiger partial charge in [-0.05, 0) is 13.0 Å². The van der Waals surface area contributed by atoms with E-state index in [9.17, 15) is 10.2 Å². The summed E-state index contributed by atoms with van der Waals surface area (Å²) in [6, 6.07) is 0. The highest BCUT2D eigenvalue weighted by molar-refractivity contribution is 5.40. The molecule has 7 nitrogen and oxygen atoms in total. The van der Waals surface area contributed by atoms with E-state index in [0.29, 0.717) is 0 Å². The molecule has 1 aromatic heterocycles. The van der Waals surface area contributed by atoms with Crippen molar-refractivity contribution < 1.29 is 14.9 Å². The van der Waals surface area contributed by atoms with Gasteiger partial charge in [-0.2, -0.15) is 0 Å². The highest BCUT2D eigenvalue weighted by Gasteiger charge is 2.20. The van der Waals surface area contributed by atoms with E-state index >= 15 is 0 Å². The molecule has 0 bridgehead atoms. The van der Waals surface area contributed by atoms with Gasteiger partial charge in [-0.1, -0.05) is 0 Å². The molecule has 0 spiro atoms. The van der Waals surface area contributed by atoms with Crippen molar-refractivity contribution in [1.29, 1.82) is 0 Å². The Bertz CT molecular complexity index is 348. The molecular formula is C9H16N4O3. The second kappa shape index (κ2) is 5.59. The molecular weight excluding hydrogens is 212 g/mol. The highest BCUT2D eigenvalue weighted by Crippen LogP contribution is 2.21. The first-order chi connectivity index (χ1) is 7.60. The molecule has 2 unspecified atom stereocenters. The Morgan fingerprint density at radius 2 is 2.19 bits per heavy atom. The van der Waals surface area contributed by atoms with Crippen LogP contribution in [0.3, 0.4) is 0 Å². The minimum atomic E-state index is -1.15. The van der Waals surface area contributed by atoms with Crippen LogP contribution in [-0.2, 0) is 0 Å². The van der Waals surface area contributed by atoms with E-state index in [-0.39, 0.29) is 30.4 Å². The fourth-order valence-corrected chi connectivity index (χ4v) is 1.21. The maximum Gasteiger partial charge on any atom is 0.257 e. The Kier molecular flexibility index (Phi) is 4.41. The van der Waals surface area contributed by atoms with Crippen molar-refractivity contribution in [3.05, 3.63) is 11.9 Å². The van der Waals surface area contributed by atoms with Crippen LogP contribution in [-0.4, -0.2) is 39.9 Å². The Balaban J connectivity index is 2.87. The Labute approximate surface area is 93.1 Å². The molecule has 0 radical (unpaired) electrons. The number of aromatic nitrogens is 2. The lowest BCUT2D eigenvalue weighted by molar-refractivity contribution is 0.0120. The van der Waals surface area contributed by atoms with Gasteiger partial charge in [-0.3, -0.25) is 0 Å². The van der Waals surface area contributed by atoms with Crippen LogP contribution in [0.25, 0.3) is 0 Å². The highest BCUT2D eigenvalue weighted by atomic mass is 16.5. The SMILES string of the molecule is COc1nc(C(O)C(O)CCN)cnc1N. The van der Waals surface area contributed by atoms with Gasteiger partial charge in [-0.25, -0.2) is 9.97 Å². The molecule has 7 heteroatoms. The first-order valence-corrected chi connectivity index (χ1v) is 4.82. The van der Waals surface area contributed by atoms with Crippen LogP contribution < -0.4 is 16.2 Å². The van der Waals surface area contributed by atoms with Crippen LogP contribution >= 0.6 is 0 Å². The summed E-state index contributed by atoms with van der Waals surface area (Å²) < 4.78 is 4.86. The Morgan fingerprint density at radius 1 is 1.50 bits per heavy atom. The van der Waals surface area contributed by atoms with Gasteiger partial charge < -0.3 is 26.4 Å². The molecule has 0 saturated heterocycles. The summed E-state index contributed by atoms with van der Waals surface area (Å²) in [5.74, 6) is 0.253. The molecule has 0 aliphatic heterocycles. The van der Waals surface area contributed by atoms with Crippen molar-refractivity contribution in [3.63, 3.8) is 0 Å². The molecule has 2 atom stereocenters. The molecule has 1 heterocycles.